The van der Waals surface area contributed by atoms with Gasteiger partial charge < -0.3 is 14.2 Å². The monoisotopic (exact) mass is 364 g/mol. The molecule has 2 aromatic rings. The van der Waals surface area contributed by atoms with Gasteiger partial charge in [0.1, 0.15) is 5.75 Å². The Bertz CT molecular complexity index is 821. The molecule has 2 rings (SSSR count). The number of benzene rings is 2. The third-order valence-corrected chi connectivity index (χ3v) is 3.37. The van der Waals surface area contributed by atoms with Crippen LogP contribution in [0.25, 0.3) is 10.8 Å². The van der Waals surface area contributed by atoms with E-state index in [1.165, 1.54) is 13.8 Å². The number of carbonyl (C=O) groups excluding carboxylic acids is 2. The maximum atomic E-state index is 11.6. The van der Waals surface area contributed by atoms with Gasteiger partial charge in [0.2, 0.25) is 0 Å². The Hall–Kier alpha value is -2.27. The molecule has 0 heterocycles. The van der Waals surface area contributed by atoms with E-state index in [1.807, 2.05) is 20.8 Å². The summed E-state index contributed by atoms with van der Waals surface area (Å²) in [5.41, 5.74) is -0.107. The topological polar surface area (TPSA) is 61.8 Å². The highest BCUT2D eigenvalue weighted by molar-refractivity contribution is 6.31. The van der Waals surface area contributed by atoms with Gasteiger partial charge in [0.15, 0.2) is 11.5 Å². The minimum Gasteiger partial charge on any atom is -0.489 e. The molecule has 0 fully saturated rings. The molecule has 0 saturated carbocycles. The van der Waals surface area contributed by atoms with Gasteiger partial charge in [-0.15, -0.1) is 0 Å². The third-order valence-electron chi connectivity index (χ3n) is 3.14. The molecule has 0 aliphatic rings. The van der Waals surface area contributed by atoms with E-state index in [-0.39, 0.29) is 11.2 Å². The van der Waals surface area contributed by atoms with Crippen LogP contribution in [0.1, 0.15) is 34.6 Å². The van der Waals surface area contributed by atoms with Crippen molar-refractivity contribution in [3.63, 3.8) is 0 Å². The van der Waals surface area contributed by atoms with Gasteiger partial charge in [-0.05, 0) is 23.6 Å². The van der Waals surface area contributed by atoms with Gasteiger partial charge in [0.05, 0.1) is 6.61 Å². The Kier molecular flexibility index (Phi) is 5.58. The lowest BCUT2D eigenvalue weighted by molar-refractivity contribution is -0.133. The first kappa shape index (κ1) is 19.1. The van der Waals surface area contributed by atoms with Crippen LogP contribution in [0.3, 0.4) is 0 Å². The highest BCUT2D eigenvalue weighted by atomic mass is 35.5. The summed E-state index contributed by atoms with van der Waals surface area (Å²) in [5.74, 6) is -0.0410. The van der Waals surface area contributed by atoms with Crippen molar-refractivity contribution in [1.82, 2.24) is 0 Å². The third kappa shape index (κ3) is 5.10. The van der Waals surface area contributed by atoms with Crippen LogP contribution in [0.4, 0.5) is 0 Å². The lowest BCUT2D eigenvalue weighted by Gasteiger charge is -2.21. The second-order valence-corrected chi connectivity index (χ2v) is 7.36. The minimum absolute atomic E-state index is 0.107. The Balaban J connectivity index is 2.68. The highest BCUT2D eigenvalue weighted by Crippen LogP contribution is 2.43. The average Bonchev–Trinajstić information content (AvgIpc) is 2.46. The number of esters is 2. The number of hydrogen-bond donors (Lipinski definition) is 0. The number of ether oxygens (including phenoxy) is 3. The summed E-state index contributed by atoms with van der Waals surface area (Å²) >= 11 is 6.07. The zero-order valence-electron chi connectivity index (χ0n) is 14.9. The van der Waals surface area contributed by atoms with Crippen molar-refractivity contribution in [2.75, 3.05) is 6.61 Å². The van der Waals surface area contributed by atoms with E-state index >= 15 is 0 Å². The molecule has 0 bridgehead atoms. The van der Waals surface area contributed by atoms with Gasteiger partial charge in [-0.25, -0.2) is 0 Å². The molecule has 0 amide bonds. The molecule has 25 heavy (non-hydrogen) atoms. The smallest absolute Gasteiger partial charge is 0.308 e. The zero-order valence-corrected chi connectivity index (χ0v) is 15.7. The molecule has 5 nitrogen and oxygen atoms in total. The average molecular weight is 365 g/mol. The first-order valence-electron chi connectivity index (χ1n) is 7.83. The largest absolute Gasteiger partial charge is 0.489 e. The van der Waals surface area contributed by atoms with Gasteiger partial charge >= 0.3 is 11.9 Å². The quantitative estimate of drug-likeness (QED) is 0.577. The summed E-state index contributed by atoms with van der Waals surface area (Å²) in [6.07, 6.45) is 0. The summed E-state index contributed by atoms with van der Waals surface area (Å²) in [7, 11) is 0. The van der Waals surface area contributed by atoms with Crippen molar-refractivity contribution in [2.24, 2.45) is 5.41 Å². The highest BCUT2D eigenvalue weighted by Gasteiger charge is 2.20. The molecule has 0 spiro atoms. The van der Waals surface area contributed by atoms with Gasteiger partial charge in [-0.3, -0.25) is 9.59 Å². The molecule has 0 aromatic heterocycles. The van der Waals surface area contributed by atoms with Crippen LogP contribution in [0.15, 0.2) is 24.3 Å². The normalized spacial score (nSPS) is 11.3. The molecule has 0 unspecified atom stereocenters. The maximum Gasteiger partial charge on any atom is 0.308 e. The van der Waals surface area contributed by atoms with Crippen LogP contribution in [-0.2, 0) is 9.59 Å². The number of carbonyl (C=O) groups is 2. The van der Waals surface area contributed by atoms with E-state index < -0.39 is 11.9 Å². The fraction of sp³-hybridized carbons (Fsp3) is 0.368. The molecule has 0 N–H and O–H groups in total. The summed E-state index contributed by atoms with van der Waals surface area (Å²) in [4.78, 5) is 23.0. The summed E-state index contributed by atoms with van der Waals surface area (Å²) in [5, 5.41) is 1.60. The van der Waals surface area contributed by atoms with Crippen molar-refractivity contribution < 1.29 is 23.8 Å². The summed E-state index contributed by atoms with van der Waals surface area (Å²) < 4.78 is 16.5. The molecule has 6 heteroatoms. The van der Waals surface area contributed by atoms with Gasteiger partial charge in [-0.1, -0.05) is 32.4 Å². The minimum atomic E-state index is -0.475. The molecule has 0 aliphatic carbocycles. The SMILES string of the molecule is CC(=O)Oc1cc(OCC(C)(C)C)c(OC(C)=O)c2ccc(Cl)cc12. The summed E-state index contributed by atoms with van der Waals surface area (Å²) in [6.45, 7) is 9.08. The predicted molar refractivity (Wildman–Crippen MR) is 96.5 cm³/mol. The fourth-order valence-electron chi connectivity index (χ4n) is 2.20. The van der Waals surface area contributed by atoms with Crippen molar-refractivity contribution in [3.05, 3.63) is 29.3 Å². The van der Waals surface area contributed by atoms with Crippen LogP contribution >= 0.6 is 11.6 Å². The maximum absolute atomic E-state index is 11.6. The van der Waals surface area contributed by atoms with Crippen LogP contribution in [0.2, 0.25) is 5.02 Å². The second-order valence-electron chi connectivity index (χ2n) is 6.93. The lowest BCUT2D eigenvalue weighted by Crippen LogP contribution is -2.17. The van der Waals surface area contributed by atoms with Crippen molar-refractivity contribution in [3.8, 4) is 17.2 Å². The van der Waals surface area contributed by atoms with Crippen LogP contribution < -0.4 is 14.2 Å². The van der Waals surface area contributed by atoms with Crippen LogP contribution in [0, 0.1) is 5.41 Å². The Morgan fingerprint density at radius 3 is 2.16 bits per heavy atom. The van der Waals surface area contributed by atoms with E-state index in [0.717, 1.165) is 0 Å². The number of fused-ring (bicyclic) bond motifs is 1. The van der Waals surface area contributed by atoms with Crippen LogP contribution in [-0.4, -0.2) is 18.5 Å². The molecule has 0 saturated heterocycles. The molecule has 134 valence electrons. The Labute approximate surface area is 151 Å². The van der Waals surface area contributed by atoms with E-state index in [2.05, 4.69) is 0 Å². The zero-order chi connectivity index (χ0) is 18.8. The first-order valence-corrected chi connectivity index (χ1v) is 8.20. The van der Waals surface area contributed by atoms with E-state index in [9.17, 15) is 9.59 Å². The van der Waals surface area contributed by atoms with Crippen LogP contribution in [0.5, 0.6) is 17.2 Å². The molecular formula is C19H21ClO5. The Morgan fingerprint density at radius 2 is 1.60 bits per heavy atom. The number of halogens is 1. The summed E-state index contributed by atoms with van der Waals surface area (Å²) in [6, 6.07) is 6.56. The molecule has 0 radical (unpaired) electrons. The van der Waals surface area contributed by atoms with E-state index in [0.29, 0.717) is 33.9 Å². The second kappa shape index (κ2) is 7.31. The van der Waals surface area contributed by atoms with E-state index in [4.69, 9.17) is 25.8 Å². The predicted octanol–water partition coefficient (Wildman–Crippen LogP) is 4.77. The van der Waals surface area contributed by atoms with Gasteiger partial charge in [-0.2, -0.15) is 0 Å². The van der Waals surface area contributed by atoms with Crippen molar-refractivity contribution in [1.29, 1.82) is 0 Å². The Morgan fingerprint density at radius 1 is 0.960 bits per heavy atom. The number of hydrogen-bond acceptors (Lipinski definition) is 5. The van der Waals surface area contributed by atoms with E-state index in [1.54, 1.807) is 24.3 Å². The van der Waals surface area contributed by atoms with Crippen molar-refractivity contribution in [2.45, 2.75) is 34.6 Å². The molecular weight excluding hydrogens is 344 g/mol. The molecule has 2 aromatic carbocycles. The lowest BCUT2D eigenvalue weighted by atomic mass is 9.98. The van der Waals surface area contributed by atoms with Gasteiger partial charge in [0, 0.05) is 35.7 Å². The molecule has 0 atom stereocenters. The first-order chi connectivity index (χ1) is 11.6. The van der Waals surface area contributed by atoms with Gasteiger partial charge in [0.25, 0.3) is 0 Å². The fourth-order valence-corrected chi connectivity index (χ4v) is 2.38. The molecule has 0 aliphatic heterocycles. The van der Waals surface area contributed by atoms with Crippen molar-refractivity contribution >= 4 is 34.3 Å². The standard InChI is InChI=1S/C19H21ClO5/c1-11(21)24-16-9-17(23-10-19(3,4)5)18(25-12(2)22)14-7-6-13(20)8-15(14)16/h6-9H,10H2,1-5H3. The number of rotatable bonds is 4.